The molecule has 0 aromatic heterocycles. The Morgan fingerprint density at radius 2 is 1.71 bits per heavy atom. The zero-order valence-corrected chi connectivity index (χ0v) is 12.4. The molecule has 0 fully saturated rings. The van der Waals surface area contributed by atoms with Crippen LogP contribution in [0.5, 0.6) is 5.75 Å². The highest BCUT2D eigenvalue weighted by Gasteiger charge is 2.18. The van der Waals surface area contributed by atoms with Gasteiger partial charge in [0.05, 0.1) is 19.0 Å². The second-order valence-corrected chi connectivity index (χ2v) is 6.31. The zero-order chi connectivity index (χ0) is 15.3. The van der Waals surface area contributed by atoms with Crippen LogP contribution < -0.4 is 9.46 Å². The second-order valence-electron chi connectivity index (χ2n) is 4.54. The number of methoxy groups -OCH3 is 1. The van der Waals surface area contributed by atoms with E-state index in [1.807, 2.05) is 0 Å². The number of hydrogen-bond donors (Lipinski definition) is 2. The Kier molecular flexibility index (Phi) is 4.82. The van der Waals surface area contributed by atoms with Gasteiger partial charge in [-0.3, -0.25) is 4.72 Å². The zero-order valence-electron chi connectivity index (χ0n) is 11.6. The van der Waals surface area contributed by atoms with Crippen LogP contribution in [0.4, 0.5) is 5.69 Å². The van der Waals surface area contributed by atoms with Crippen molar-refractivity contribution in [1.29, 1.82) is 0 Å². The molecule has 0 aliphatic heterocycles. The minimum atomic E-state index is -3.64. The molecule has 0 saturated carbocycles. The third-order valence-electron chi connectivity index (χ3n) is 2.93. The fourth-order valence-electron chi connectivity index (χ4n) is 1.86. The average Bonchev–Trinajstić information content (AvgIpc) is 2.48. The predicted octanol–water partition coefficient (Wildman–Crippen LogP) is 2.17. The number of sulfonamides is 1. The first kappa shape index (κ1) is 15.3. The molecule has 0 amide bonds. The molecule has 112 valence electrons. The normalized spacial score (nSPS) is 12.7. The summed E-state index contributed by atoms with van der Waals surface area (Å²) in [5.74, 6) is 0.241. The molecule has 0 bridgehead atoms. The highest BCUT2D eigenvalue weighted by atomic mass is 32.2. The minimum Gasteiger partial charge on any atom is -0.497 e. The first-order valence-electron chi connectivity index (χ1n) is 6.38. The molecule has 2 rings (SSSR count). The van der Waals surface area contributed by atoms with Gasteiger partial charge in [-0.05, 0) is 29.8 Å². The number of benzene rings is 2. The lowest BCUT2D eigenvalue weighted by molar-refractivity contribution is 0.202. The van der Waals surface area contributed by atoms with E-state index in [-0.39, 0.29) is 0 Å². The number of ether oxygens (including phenoxy) is 1. The highest BCUT2D eigenvalue weighted by molar-refractivity contribution is 7.92. The first-order chi connectivity index (χ1) is 10.00. The van der Waals surface area contributed by atoms with E-state index < -0.39 is 21.9 Å². The van der Waals surface area contributed by atoms with Crippen LogP contribution in [0.3, 0.4) is 0 Å². The van der Waals surface area contributed by atoms with E-state index in [2.05, 4.69) is 4.72 Å². The Morgan fingerprint density at radius 3 is 2.29 bits per heavy atom. The van der Waals surface area contributed by atoms with Crippen molar-refractivity contribution in [2.75, 3.05) is 17.6 Å². The third-order valence-corrected chi connectivity index (χ3v) is 4.23. The van der Waals surface area contributed by atoms with E-state index in [1.165, 1.54) is 7.11 Å². The highest BCUT2D eigenvalue weighted by Crippen LogP contribution is 2.19. The molecule has 5 nitrogen and oxygen atoms in total. The average molecular weight is 307 g/mol. The molecule has 0 unspecified atom stereocenters. The molecule has 0 saturated heterocycles. The molecular weight excluding hydrogens is 290 g/mol. The van der Waals surface area contributed by atoms with Gasteiger partial charge in [-0.1, -0.05) is 30.3 Å². The summed E-state index contributed by atoms with van der Waals surface area (Å²) in [4.78, 5) is 0. The van der Waals surface area contributed by atoms with Gasteiger partial charge in [-0.15, -0.1) is 0 Å². The second kappa shape index (κ2) is 6.60. The quantitative estimate of drug-likeness (QED) is 0.857. The molecule has 0 aliphatic carbocycles. The van der Waals surface area contributed by atoms with Crippen LogP contribution in [0.2, 0.25) is 0 Å². The Bertz CT molecular complexity index is 669. The third kappa shape index (κ3) is 4.47. The topological polar surface area (TPSA) is 75.6 Å². The molecule has 2 aromatic carbocycles. The Labute approximate surface area is 124 Å². The standard InChI is InChI=1S/C15H17NO4S/c1-20-14-9-7-13(8-10-14)16-21(18,19)11-15(17)12-5-3-2-4-6-12/h2-10,15-17H,11H2,1H3/t15-/m1/s1. The predicted molar refractivity (Wildman–Crippen MR) is 81.8 cm³/mol. The first-order valence-corrected chi connectivity index (χ1v) is 8.03. The van der Waals surface area contributed by atoms with Crippen molar-refractivity contribution < 1.29 is 18.3 Å². The van der Waals surface area contributed by atoms with Crippen molar-refractivity contribution in [2.24, 2.45) is 0 Å². The van der Waals surface area contributed by atoms with Crippen molar-refractivity contribution in [2.45, 2.75) is 6.10 Å². The number of rotatable bonds is 6. The number of aliphatic hydroxyl groups is 1. The molecule has 21 heavy (non-hydrogen) atoms. The molecule has 0 heterocycles. The van der Waals surface area contributed by atoms with Crippen molar-refractivity contribution in [1.82, 2.24) is 0 Å². The van der Waals surface area contributed by atoms with Gasteiger partial charge >= 0.3 is 0 Å². The van der Waals surface area contributed by atoms with Gasteiger partial charge in [0.2, 0.25) is 10.0 Å². The summed E-state index contributed by atoms with van der Waals surface area (Å²) < 4.78 is 31.5. The fourth-order valence-corrected chi connectivity index (χ4v) is 3.05. The maximum atomic E-state index is 12.0. The van der Waals surface area contributed by atoms with E-state index in [1.54, 1.807) is 54.6 Å². The Balaban J connectivity index is 2.04. The molecule has 0 radical (unpaired) electrons. The van der Waals surface area contributed by atoms with Crippen molar-refractivity contribution in [3.8, 4) is 5.75 Å². The molecule has 6 heteroatoms. The summed E-state index contributed by atoms with van der Waals surface area (Å²) in [6, 6.07) is 15.2. The van der Waals surface area contributed by atoms with E-state index in [9.17, 15) is 13.5 Å². The van der Waals surface area contributed by atoms with E-state index >= 15 is 0 Å². The number of hydrogen-bond acceptors (Lipinski definition) is 4. The number of aliphatic hydroxyl groups excluding tert-OH is 1. The van der Waals surface area contributed by atoms with E-state index in [0.29, 0.717) is 17.0 Å². The van der Waals surface area contributed by atoms with E-state index in [4.69, 9.17) is 4.74 Å². The van der Waals surface area contributed by atoms with Crippen molar-refractivity contribution in [3.05, 3.63) is 60.2 Å². The SMILES string of the molecule is COc1ccc(NS(=O)(=O)C[C@@H](O)c2ccccc2)cc1. The molecule has 2 N–H and O–H groups in total. The van der Waals surface area contributed by atoms with Crippen molar-refractivity contribution >= 4 is 15.7 Å². The molecular formula is C15H17NO4S. The summed E-state index contributed by atoms with van der Waals surface area (Å²) in [7, 11) is -2.11. The number of anilines is 1. The van der Waals surface area contributed by atoms with Gasteiger partial charge < -0.3 is 9.84 Å². The maximum absolute atomic E-state index is 12.0. The summed E-state index contributed by atoms with van der Waals surface area (Å²) >= 11 is 0. The summed E-state index contributed by atoms with van der Waals surface area (Å²) in [5, 5.41) is 9.98. The summed E-state index contributed by atoms with van der Waals surface area (Å²) in [6.07, 6.45) is -1.07. The lowest BCUT2D eigenvalue weighted by Gasteiger charge is -2.13. The summed E-state index contributed by atoms with van der Waals surface area (Å²) in [6.45, 7) is 0. The lowest BCUT2D eigenvalue weighted by Crippen LogP contribution is -2.21. The van der Waals surface area contributed by atoms with Crippen molar-refractivity contribution in [3.63, 3.8) is 0 Å². The fraction of sp³-hybridized carbons (Fsp3) is 0.200. The molecule has 0 aliphatic rings. The molecule has 2 aromatic rings. The molecule has 1 atom stereocenters. The Morgan fingerprint density at radius 1 is 1.10 bits per heavy atom. The van der Waals surface area contributed by atoms with Crippen LogP contribution in [0.25, 0.3) is 0 Å². The van der Waals surface area contributed by atoms with Gasteiger partial charge in [-0.25, -0.2) is 8.42 Å². The van der Waals surface area contributed by atoms with Gasteiger partial charge in [0.1, 0.15) is 5.75 Å². The summed E-state index contributed by atoms with van der Waals surface area (Å²) in [5.41, 5.74) is 0.994. The van der Waals surface area contributed by atoms with Crippen LogP contribution >= 0.6 is 0 Å². The van der Waals surface area contributed by atoms with Gasteiger partial charge in [-0.2, -0.15) is 0 Å². The van der Waals surface area contributed by atoms with Gasteiger partial charge in [0.25, 0.3) is 0 Å². The van der Waals surface area contributed by atoms with Crippen LogP contribution in [0.1, 0.15) is 11.7 Å². The monoisotopic (exact) mass is 307 g/mol. The van der Waals surface area contributed by atoms with Crippen LogP contribution in [-0.2, 0) is 10.0 Å². The lowest BCUT2D eigenvalue weighted by atomic mass is 10.1. The van der Waals surface area contributed by atoms with Crippen LogP contribution in [0.15, 0.2) is 54.6 Å². The Hall–Kier alpha value is -2.05. The minimum absolute atomic E-state index is 0.400. The van der Waals surface area contributed by atoms with Crippen LogP contribution in [0, 0.1) is 0 Å². The van der Waals surface area contributed by atoms with Crippen LogP contribution in [-0.4, -0.2) is 26.4 Å². The van der Waals surface area contributed by atoms with E-state index in [0.717, 1.165) is 0 Å². The van der Waals surface area contributed by atoms with Gasteiger partial charge in [0, 0.05) is 5.69 Å². The smallest absolute Gasteiger partial charge is 0.235 e. The molecule has 0 spiro atoms. The van der Waals surface area contributed by atoms with Gasteiger partial charge in [0.15, 0.2) is 0 Å². The number of nitrogens with one attached hydrogen (secondary N) is 1. The maximum Gasteiger partial charge on any atom is 0.235 e. The largest absolute Gasteiger partial charge is 0.497 e.